The van der Waals surface area contributed by atoms with Gasteiger partial charge in [0, 0.05) is 23.2 Å². The summed E-state index contributed by atoms with van der Waals surface area (Å²) in [4.78, 5) is 4.79. The molecule has 0 spiro atoms. The second kappa shape index (κ2) is 9.84. The molecular formula is C24H24N4O3S2. The van der Waals surface area contributed by atoms with Crippen LogP contribution in [0.4, 0.5) is 0 Å². The van der Waals surface area contributed by atoms with Crippen molar-refractivity contribution in [1.82, 2.24) is 19.7 Å². The van der Waals surface area contributed by atoms with E-state index in [0.717, 1.165) is 63.2 Å². The van der Waals surface area contributed by atoms with Gasteiger partial charge in [0.2, 0.25) is 6.79 Å². The molecule has 0 amide bonds. The zero-order valence-corrected chi connectivity index (χ0v) is 20.1. The first-order valence-electron chi connectivity index (χ1n) is 10.8. The minimum Gasteiger partial charge on any atom is -0.486 e. The molecule has 33 heavy (non-hydrogen) atoms. The minimum absolute atomic E-state index is 0.273. The number of nitrogens with zero attached hydrogens (tertiary/aromatic N) is 4. The molecule has 0 aliphatic carbocycles. The molecule has 7 nitrogen and oxygen atoms in total. The fraction of sp³-hybridized carbons (Fsp3) is 0.292. The zero-order valence-electron chi connectivity index (χ0n) is 18.5. The van der Waals surface area contributed by atoms with E-state index in [0.29, 0.717) is 6.61 Å². The van der Waals surface area contributed by atoms with Gasteiger partial charge in [-0.05, 0) is 49.2 Å². The van der Waals surface area contributed by atoms with Crippen molar-refractivity contribution in [1.29, 1.82) is 0 Å². The van der Waals surface area contributed by atoms with Crippen LogP contribution in [-0.2, 0) is 25.3 Å². The second-order valence-corrected chi connectivity index (χ2v) is 9.23. The molecule has 0 fully saturated rings. The largest absolute Gasteiger partial charge is 0.486 e. The van der Waals surface area contributed by atoms with Crippen molar-refractivity contribution in [3.63, 3.8) is 0 Å². The summed E-state index contributed by atoms with van der Waals surface area (Å²) in [6.45, 7) is 5.67. The van der Waals surface area contributed by atoms with Gasteiger partial charge >= 0.3 is 0 Å². The topological polar surface area (TPSA) is 71.3 Å². The monoisotopic (exact) mass is 480 g/mol. The molecule has 0 saturated heterocycles. The third kappa shape index (κ3) is 4.84. The van der Waals surface area contributed by atoms with E-state index in [2.05, 4.69) is 46.1 Å². The van der Waals surface area contributed by atoms with E-state index >= 15 is 0 Å². The van der Waals surface area contributed by atoms with Crippen LogP contribution in [0, 0.1) is 0 Å². The van der Waals surface area contributed by atoms with Gasteiger partial charge in [0.15, 0.2) is 22.5 Å². The predicted molar refractivity (Wildman–Crippen MR) is 129 cm³/mol. The summed E-state index contributed by atoms with van der Waals surface area (Å²) in [7, 11) is 0. The number of fused-ring (bicyclic) bond motifs is 1. The molecule has 1 aliphatic rings. The van der Waals surface area contributed by atoms with E-state index in [1.807, 2.05) is 30.3 Å². The average Bonchev–Trinajstić information content (AvgIpc) is 3.60. The molecular weight excluding hydrogens is 456 g/mol. The van der Waals surface area contributed by atoms with Crippen LogP contribution in [0.25, 0.3) is 10.6 Å². The third-order valence-electron chi connectivity index (χ3n) is 5.33. The van der Waals surface area contributed by atoms with Crippen molar-refractivity contribution in [3.8, 4) is 27.8 Å². The number of aromatic nitrogens is 4. The number of rotatable bonds is 9. The van der Waals surface area contributed by atoms with Crippen molar-refractivity contribution in [3.05, 3.63) is 64.9 Å². The van der Waals surface area contributed by atoms with E-state index in [1.54, 1.807) is 23.1 Å². The van der Waals surface area contributed by atoms with Crippen molar-refractivity contribution < 1.29 is 14.2 Å². The molecule has 0 bridgehead atoms. The molecule has 0 unspecified atom stereocenters. The Morgan fingerprint density at radius 3 is 2.73 bits per heavy atom. The molecule has 0 N–H and O–H groups in total. The highest BCUT2D eigenvalue weighted by molar-refractivity contribution is 7.98. The first-order valence-corrected chi connectivity index (χ1v) is 12.7. The zero-order chi connectivity index (χ0) is 22.6. The molecule has 1 aliphatic heterocycles. The summed E-state index contributed by atoms with van der Waals surface area (Å²) >= 11 is 3.26. The third-order valence-corrected chi connectivity index (χ3v) is 7.27. The van der Waals surface area contributed by atoms with Crippen molar-refractivity contribution in [2.24, 2.45) is 0 Å². The van der Waals surface area contributed by atoms with Crippen LogP contribution in [0.15, 0.2) is 53.0 Å². The number of ether oxygens (including phenoxy) is 3. The highest BCUT2D eigenvalue weighted by atomic mass is 32.2. The van der Waals surface area contributed by atoms with Crippen LogP contribution in [0.3, 0.4) is 0 Å². The number of benzene rings is 2. The normalized spacial score (nSPS) is 12.3. The Hall–Kier alpha value is -3.04. The lowest BCUT2D eigenvalue weighted by Gasteiger charge is -2.09. The van der Waals surface area contributed by atoms with Crippen molar-refractivity contribution in [2.75, 3.05) is 6.79 Å². The molecule has 0 saturated carbocycles. The van der Waals surface area contributed by atoms with Gasteiger partial charge in [-0.3, -0.25) is 0 Å². The Morgan fingerprint density at radius 1 is 1.06 bits per heavy atom. The molecule has 9 heteroatoms. The Labute approximate surface area is 200 Å². The maximum absolute atomic E-state index is 5.93. The first kappa shape index (κ1) is 21.8. The SMILES string of the molecule is CCc1ccc(OCc2nnc(SCc3csc(-c4ccc5c(c4)OCO5)n3)n2CC)cc1. The standard InChI is InChI=1S/C24H24N4O3S2/c1-3-16-5-8-19(9-6-16)29-12-22-26-27-24(28(22)4-2)33-14-18-13-32-23(25-18)17-7-10-20-21(11-17)31-15-30-20/h5-11,13H,3-4,12,14-15H2,1-2H3. The summed E-state index contributed by atoms with van der Waals surface area (Å²) in [5.74, 6) is 3.93. The van der Waals surface area contributed by atoms with Crippen LogP contribution >= 0.6 is 23.1 Å². The fourth-order valence-corrected chi connectivity index (χ4v) is 5.33. The summed E-state index contributed by atoms with van der Waals surface area (Å²) in [6, 6.07) is 14.1. The molecule has 2 aromatic carbocycles. The van der Waals surface area contributed by atoms with Crippen molar-refractivity contribution >= 4 is 23.1 Å². The van der Waals surface area contributed by atoms with E-state index < -0.39 is 0 Å². The summed E-state index contributed by atoms with van der Waals surface area (Å²) in [6.07, 6.45) is 1.02. The number of hydrogen-bond acceptors (Lipinski definition) is 8. The minimum atomic E-state index is 0.273. The Balaban J connectivity index is 1.21. The number of thioether (sulfide) groups is 1. The Morgan fingerprint density at radius 2 is 1.91 bits per heavy atom. The van der Waals surface area contributed by atoms with Crippen LogP contribution < -0.4 is 14.2 Å². The van der Waals surface area contributed by atoms with Gasteiger partial charge in [0.25, 0.3) is 0 Å². The fourth-order valence-electron chi connectivity index (χ4n) is 3.49. The Bertz CT molecular complexity index is 1240. The van der Waals surface area contributed by atoms with Gasteiger partial charge in [0.05, 0.1) is 5.69 Å². The molecule has 3 heterocycles. The summed E-state index contributed by atoms with van der Waals surface area (Å²) < 4.78 is 18.9. The highest BCUT2D eigenvalue weighted by Gasteiger charge is 2.16. The quantitative estimate of drug-likeness (QED) is 0.289. The molecule has 0 radical (unpaired) electrons. The first-order chi connectivity index (χ1) is 16.2. The lowest BCUT2D eigenvalue weighted by atomic mass is 10.2. The number of thiazole rings is 1. The van der Waals surface area contributed by atoms with Gasteiger partial charge < -0.3 is 18.8 Å². The van der Waals surface area contributed by atoms with E-state index in [-0.39, 0.29) is 6.79 Å². The molecule has 0 atom stereocenters. The number of aryl methyl sites for hydroxylation is 1. The molecule has 5 rings (SSSR count). The lowest BCUT2D eigenvalue weighted by Crippen LogP contribution is -2.07. The van der Waals surface area contributed by atoms with Gasteiger partial charge in [-0.2, -0.15) is 0 Å². The van der Waals surface area contributed by atoms with E-state index in [9.17, 15) is 0 Å². The van der Waals surface area contributed by atoms with Gasteiger partial charge in [0.1, 0.15) is 17.4 Å². The maximum atomic E-state index is 5.93. The van der Waals surface area contributed by atoms with Crippen LogP contribution in [0.2, 0.25) is 0 Å². The van der Waals surface area contributed by atoms with Gasteiger partial charge in [-0.1, -0.05) is 30.8 Å². The molecule has 170 valence electrons. The molecule has 4 aromatic rings. The summed E-state index contributed by atoms with van der Waals surface area (Å²) in [5, 5.41) is 12.7. The molecule has 2 aromatic heterocycles. The van der Waals surface area contributed by atoms with Gasteiger partial charge in [-0.25, -0.2) is 4.98 Å². The van der Waals surface area contributed by atoms with E-state index in [1.165, 1.54) is 5.56 Å². The predicted octanol–water partition coefficient (Wildman–Crippen LogP) is 5.58. The van der Waals surface area contributed by atoms with Gasteiger partial charge in [-0.15, -0.1) is 21.5 Å². The lowest BCUT2D eigenvalue weighted by molar-refractivity contribution is 0.174. The number of hydrogen-bond donors (Lipinski definition) is 0. The highest BCUT2D eigenvalue weighted by Crippen LogP contribution is 2.37. The van der Waals surface area contributed by atoms with E-state index in [4.69, 9.17) is 19.2 Å². The van der Waals surface area contributed by atoms with Crippen LogP contribution in [0.1, 0.15) is 30.9 Å². The van der Waals surface area contributed by atoms with Crippen LogP contribution in [-0.4, -0.2) is 26.5 Å². The van der Waals surface area contributed by atoms with Crippen LogP contribution in [0.5, 0.6) is 17.2 Å². The average molecular weight is 481 g/mol. The maximum Gasteiger partial charge on any atom is 0.231 e. The smallest absolute Gasteiger partial charge is 0.231 e. The van der Waals surface area contributed by atoms with Crippen molar-refractivity contribution in [2.45, 2.75) is 44.3 Å². The Kier molecular flexibility index (Phi) is 6.50. The second-order valence-electron chi connectivity index (χ2n) is 7.43. The summed E-state index contributed by atoms with van der Waals surface area (Å²) in [5.41, 5.74) is 3.34.